The predicted molar refractivity (Wildman–Crippen MR) is 143 cm³/mol. The molecule has 0 radical (unpaired) electrons. The molecular weight excluding hydrogens is 530 g/mol. The van der Waals surface area contributed by atoms with Crippen molar-refractivity contribution in [1.82, 2.24) is 10.2 Å². The predicted octanol–water partition coefficient (Wildman–Crippen LogP) is 8.75. The fraction of sp³-hybridized carbons (Fsp3) is 0.0370. The molecule has 1 heterocycles. The van der Waals surface area contributed by atoms with Crippen molar-refractivity contribution in [1.29, 1.82) is 0 Å². The largest absolute Gasteiger partial charge is 0.457 e. The van der Waals surface area contributed by atoms with E-state index < -0.39 is 0 Å². The van der Waals surface area contributed by atoms with Gasteiger partial charge < -0.3 is 9.64 Å². The number of anilines is 2. The van der Waals surface area contributed by atoms with Crippen molar-refractivity contribution in [3.8, 4) is 22.1 Å². The number of hydrogen-bond acceptors (Lipinski definition) is 5. The fourth-order valence-corrected chi connectivity index (χ4v) is 4.73. The van der Waals surface area contributed by atoms with Crippen LogP contribution in [-0.2, 0) is 6.54 Å². The van der Waals surface area contributed by atoms with Crippen LogP contribution in [0.2, 0.25) is 5.02 Å². The highest BCUT2D eigenvalue weighted by molar-refractivity contribution is 9.10. The number of aromatic nitrogens is 2. The van der Waals surface area contributed by atoms with Gasteiger partial charge in [-0.15, -0.1) is 10.2 Å². The van der Waals surface area contributed by atoms with E-state index >= 15 is 0 Å². The standard InChI is InChI=1S/C27H19BrClN3OS/c28-24-15-14-21(17-25(24)29)32(18-19-8-3-1-4-9-19)27-31-30-26(34-27)20-10-7-13-23(16-20)33-22-11-5-2-6-12-22/h1-17H,18H2. The smallest absolute Gasteiger partial charge is 0.213 e. The van der Waals surface area contributed by atoms with Gasteiger partial charge in [-0.3, -0.25) is 0 Å². The van der Waals surface area contributed by atoms with Gasteiger partial charge in [0.05, 0.1) is 11.6 Å². The summed E-state index contributed by atoms with van der Waals surface area (Å²) in [4.78, 5) is 2.12. The Morgan fingerprint density at radius 3 is 2.29 bits per heavy atom. The molecule has 0 atom stereocenters. The normalized spacial score (nSPS) is 10.8. The zero-order valence-electron chi connectivity index (χ0n) is 17.9. The molecule has 5 rings (SSSR count). The highest BCUT2D eigenvalue weighted by Gasteiger charge is 2.18. The maximum absolute atomic E-state index is 6.41. The molecule has 0 amide bonds. The summed E-state index contributed by atoms with van der Waals surface area (Å²) in [5, 5.41) is 11.3. The molecular formula is C27H19BrClN3OS. The Bertz CT molecular complexity index is 1400. The van der Waals surface area contributed by atoms with Crippen molar-refractivity contribution in [3.05, 3.63) is 118 Å². The van der Waals surface area contributed by atoms with Gasteiger partial charge in [-0.2, -0.15) is 0 Å². The minimum Gasteiger partial charge on any atom is -0.457 e. The van der Waals surface area contributed by atoms with E-state index in [1.54, 1.807) is 0 Å². The zero-order valence-corrected chi connectivity index (χ0v) is 21.1. The van der Waals surface area contributed by atoms with Gasteiger partial charge in [0.2, 0.25) is 5.13 Å². The summed E-state index contributed by atoms with van der Waals surface area (Å²) in [6.07, 6.45) is 0. The third-order valence-corrected chi connectivity index (χ3v) is 7.33. The van der Waals surface area contributed by atoms with Crippen molar-refractivity contribution in [2.75, 3.05) is 4.90 Å². The summed E-state index contributed by atoms with van der Waals surface area (Å²) < 4.78 is 6.85. The number of para-hydroxylation sites is 1. The van der Waals surface area contributed by atoms with Gasteiger partial charge >= 0.3 is 0 Å². The number of hydrogen-bond donors (Lipinski definition) is 0. The zero-order chi connectivity index (χ0) is 23.3. The fourth-order valence-electron chi connectivity index (χ4n) is 3.45. The first-order valence-corrected chi connectivity index (χ1v) is 12.6. The van der Waals surface area contributed by atoms with Gasteiger partial charge in [0.15, 0.2) is 0 Å². The van der Waals surface area contributed by atoms with Crippen LogP contribution in [0.1, 0.15) is 5.56 Å². The number of nitrogens with zero attached hydrogens (tertiary/aromatic N) is 3. The highest BCUT2D eigenvalue weighted by Crippen LogP contribution is 2.37. The Morgan fingerprint density at radius 1 is 0.794 bits per heavy atom. The Kier molecular flexibility index (Phi) is 6.90. The molecule has 34 heavy (non-hydrogen) atoms. The maximum atomic E-state index is 6.41. The monoisotopic (exact) mass is 547 g/mol. The Morgan fingerprint density at radius 2 is 1.53 bits per heavy atom. The average Bonchev–Trinajstić information content (AvgIpc) is 3.36. The van der Waals surface area contributed by atoms with Gasteiger partial charge in [-0.05, 0) is 64.0 Å². The number of ether oxygens (including phenoxy) is 1. The lowest BCUT2D eigenvalue weighted by Crippen LogP contribution is -2.16. The molecule has 0 aliphatic heterocycles. The van der Waals surface area contributed by atoms with Gasteiger partial charge in [0.1, 0.15) is 16.5 Å². The van der Waals surface area contributed by atoms with Crippen molar-refractivity contribution < 1.29 is 4.74 Å². The maximum Gasteiger partial charge on any atom is 0.213 e. The lowest BCUT2D eigenvalue weighted by molar-refractivity contribution is 0.483. The molecule has 5 aromatic rings. The molecule has 0 aliphatic rings. The second-order valence-electron chi connectivity index (χ2n) is 7.50. The van der Waals surface area contributed by atoms with Crippen LogP contribution in [0.3, 0.4) is 0 Å². The lowest BCUT2D eigenvalue weighted by atomic mass is 10.2. The Hall–Kier alpha value is -3.19. The molecule has 0 saturated carbocycles. The topological polar surface area (TPSA) is 38.2 Å². The summed E-state index contributed by atoms with van der Waals surface area (Å²) in [7, 11) is 0. The Labute approximate surface area is 215 Å². The van der Waals surface area contributed by atoms with Gasteiger partial charge in [0.25, 0.3) is 0 Å². The molecule has 7 heteroatoms. The van der Waals surface area contributed by atoms with Crippen LogP contribution in [0.25, 0.3) is 10.6 Å². The average molecular weight is 549 g/mol. The van der Waals surface area contributed by atoms with Gasteiger partial charge in [-0.25, -0.2) is 0 Å². The van der Waals surface area contributed by atoms with E-state index in [1.807, 2.05) is 91.0 Å². The summed E-state index contributed by atoms with van der Waals surface area (Å²) in [6.45, 7) is 0.643. The summed E-state index contributed by atoms with van der Waals surface area (Å²) in [5.41, 5.74) is 3.06. The van der Waals surface area contributed by atoms with Crippen LogP contribution in [-0.4, -0.2) is 10.2 Å². The third-order valence-electron chi connectivity index (χ3n) is 5.10. The van der Waals surface area contributed by atoms with Crippen LogP contribution in [0, 0.1) is 0 Å². The van der Waals surface area contributed by atoms with Crippen LogP contribution in [0.4, 0.5) is 10.8 Å². The second kappa shape index (κ2) is 10.4. The van der Waals surface area contributed by atoms with E-state index in [9.17, 15) is 0 Å². The molecule has 4 nitrogen and oxygen atoms in total. The summed E-state index contributed by atoms with van der Waals surface area (Å²) >= 11 is 11.4. The quantitative estimate of drug-likeness (QED) is 0.204. The first-order chi connectivity index (χ1) is 16.7. The Balaban J connectivity index is 1.46. The van der Waals surface area contributed by atoms with Gasteiger partial charge in [0, 0.05) is 15.7 Å². The molecule has 0 saturated heterocycles. The number of benzene rings is 4. The summed E-state index contributed by atoms with van der Waals surface area (Å²) in [5.74, 6) is 1.54. The van der Waals surface area contributed by atoms with Crippen molar-refractivity contribution >= 4 is 49.7 Å². The summed E-state index contributed by atoms with van der Waals surface area (Å²) in [6, 6.07) is 33.8. The van der Waals surface area contributed by atoms with E-state index in [-0.39, 0.29) is 0 Å². The lowest BCUT2D eigenvalue weighted by Gasteiger charge is -2.22. The second-order valence-corrected chi connectivity index (χ2v) is 9.72. The van der Waals surface area contributed by atoms with Crippen molar-refractivity contribution in [2.45, 2.75) is 6.54 Å². The minimum atomic E-state index is 0.643. The first kappa shape index (κ1) is 22.6. The van der Waals surface area contributed by atoms with E-state index in [1.165, 1.54) is 11.3 Å². The number of rotatable bonds is 7. The van der Waals surface area contributed by atoms with E-state index in [0.29, 0.717) is 11.6 Å². The van der Waals surface area contributed by atoms with Gasteiger partial charge in [-0.1, -0.05) is 83.6 Å². The molecule has 0 aliphatic carbocycles. The van der Waals surface area contributed by atoms with Crippen molar-refractivity contribution in [3.63, 3.8) is 0 Å². The van der Waals surface area contributed by atoms with E-state index in [0.717, 1.165) is 42.9 Å². The van der Waals surface area contributed by atoms with E-state index in [4.69, 9.17) is 16.3 Å². The van der Waals surface area contributed by atoms with Crippen LogP contribution >= 0.6 is 38.9 Å². The SMILES string of the molecule is Clc1cc(N(Cc2ccccc2)c2nnc(-c3cccc(Oc4ccccc4)c3)s2)ccc1Br. The highest BCUT2D eigenvalue weighted by atomic mass is 79.9. The van der Waals surface area contributed by atoms with Crippen molar-refractivity contribution in [2.24, 2.45) is 0 Å². The van der Waals surface area contributed by atoms with Crippen LogP contribution < -0.4 is 9.64 Å². The molecule has 1 aromatic heterocycles. The molecule has 0 fully saturated rings. The first-order valence-electron chi connectivity index (χ1n) is 10.6. The molecule has 0 spiro atoms. The van der Waals surface area contributed by atoms with Crippen LogP contribution in [0.15, 0.2) is 108 Å². The molecule has 0 unspecified atom stereocenters. The molecule has 4 aromatic carbocycles. The minimum absolute atomic E-state index is 0.643. The van der Waals surface area contributed by atoms with E-state index in [2.05, 4.69) is 43.2 Å². The third kappa shape index (κ3) is 5.30. The van der Waals surface area contributed by atoms with Crippen LogP contribution in [0.5, 0.6) is 11.5 Å². The molecule has 0 bridgehead atoms. The number of halogens is 2. The molecule has 0 N–H and O–H groups in total. The molecule has 168 valence electrons.